The van der Waals surface area contributed by atoms with Crippen molar-refractivity contribution in [2.75, 3.05) is 0 Å². The van der Waals surface area contributed by atoms with Crippen molar-refractivity contribution >= 4 is 33.2 Å². The van der Waals surface area contributed by atoms with Gasteiger partial charge in [-0.25, -0.2) is 14.2 Å². The van der Waals surface area contributed by atoms with E-state index in [1.807, 2.05) is 25.1 Å². The summed E-state index contributed by atoms with van der Waals surface area (Å²) in [6, 6.07) is 8.78. The molecule has 0 unspecified atom stereocenters. The minimum absolute atomic E-state index is 0.0540. The molecular formula is C31H28ClFN4O5S. The Balaban J connectivity index is 1.05. The van der Waals surface area contributed by atoms with Crippen LogP contribution in [-0.2, 0) is 16.9 Å². The summed E-state index contributed by atoms with van der Waals surface area (Å²) in [5.74, 6) is -0.0774. The fraction of sp³-hybridized carbons (Fsp3) is 0.419. The van der Waals surface area contributed by atoms with Crippen molar-refractivity contribution in [2.24, 2.45) is 11.8 Å². The maximum Gasteiger partial charge on any atom is 0.460 e. The van der Waals surface area contributed by atoms with E-state index in [4.69, 9.17) is 20.9 Å². The largest absolute Gasteiger partial charge is 0.460 e. The van der Waals surface area contributed by atoms with E-state index in [1.165, 1.54) is 17.4 Å². The zero-order valence-corrected chi connectivity index (χ0v) is 24.8. The van der Waals surface area contributed by atoms with E-state index in [2.05, 4.69) is 24.8 Å². The second-order valence-corrected chi connectivity index (χ2v) is 13.5. The number of thiazole rings is 1. The number of ether oxygens (including phenoxy) is 1. The van der Waals surface area contributed by atoms with Crippen LogP contribution in [0.5, 0.6) is 0 Å². The van der Waals surface area contributed by atoms with Crippen LogP contribution in [0, 0.1) is 24.6 Å². The molecule has 3 aliphatic rings. The predicted octanol–water partition coefficient (Wildman–Crippen LogP) is 6.87. The number of aromatic nitrogens is 4. The smallest absolute Gasteiger partial charge is 0.382 e. The quantitative estimate of drug-likeness (QED) is 0.201. The van der Waals surface area contributed by atoms with Crippen molar-refractivity contribution in [3.63, 3.8) is 0 Å². The first kappa shape index (κ1) is 27.2. The van der Waals surface area contributed by atoms with E-state index in [1.54, 1.807) is 6.07 Å². The third-order valence-electron chi connectivity index (χ3n) is 9.39. The van der Waals surface area contributed by atoms with Gasteiger partial charge in [-0.1, -0.05) is 28.9 Å². The van der Waals surface area contributed by atoms with Crippen LogP contribution in [0.1, 0.15) is 66.3 Å². The second kappa shape index (κ2) is 10.1. The Bertz CT molecular complexity index is 1890. The van der Waals surface area contributed by atoms with Crippen molar-refractivity contribution in [1.82, 2.24) is 20.3 Å². The van der Waals surface area contributed by atoms with Crippen LogP contribution in [0.2, 0.25) is 5.02 Å². The number of aromatic amines is 1. The summed E-state index contributed by atoms with van der Waals surface area (Å²) in [7, 11) is 0. The fourth-order valence-electron chi connectivity index (χ4n) is 7.09. The lowest BCUT2D eigenvalue weighted by molar-refractivity contribution is -0.116. The number of aryl methyl sites for hydroxylation is 1. The van der Waals surface area contributed by atoms with Gasteiger partial charge in [0.25, 0.3) is 0 Å². The average molecular weight is 623 g/mol. The van der Waals surface area contributed by atoms with Crippen LogP contribution in [0.4, 0.5) is 4.39 Å². The lowest BCUT2D eigenvalue weighted by Crippen LogP contribution is -2.44. The van der Waals surface area contributed by atoms with Gasteiger partial charge in [0.1, 0.15) is 27.6 Å². The van der Waals surface area contributed by atoms with Crippen LogP contribution in [-0.4, -0.2) is 31.5 Å². The summed E-state index contributed by atoms with van der Waals surface area (Å²) in [5.41, 5.74) is 3.02. The molecule has 9 nitrogen and oxygen atoms in total. The number of fused-ring (bicyclic) bond motifs is 3. The summed E-state index contributed by atoms with van der Waals surface area (Å²) in [6.07, 6.45) is 5.12. The number of nitrogens with zero attached hydrogens (tertiary/aromatic N) is 3. The number of rotatable bonds is 7. The Morgan fingerprint density at radius 3 is 2.67 bits per heavy atom. The van der Waals surface area contributed by atoms with Gasteiger partial charge in [-0.05, 0) is 81.0 Å². The van der Waals surface area contributed by atoms with Crippen LogP contribution < -0.4 is 5.76 Å². The van der Waals surface area contributed by atoms with Gasteiger partial charge in [0.2, 0.25) is 0 Å². The molecular weight excluding hydrogens is 595 g/mol. The topological polar surface area (TPSA) is 127 Å². The Hall–Kier alpha value is -3.38. The van der Waals surface area contributed by atoms with Crippen molar-refractivity contribution in [1.29, 1.82) is 0 Å². The Labute approximate surface area is 254 Å². The van der Waals surface area contributed by atoms with Crippen molar-refractivity contribution in [3.8, 4) is 22.6 Å². The molecule has 0 spiro atoms. The molecule has 2 N–H and O–H groups in total. The van der Waals surface area contributed by atoms with E-state index in [0.29, 0.717) is 45.7 Å². The molecule has 12 heteroatoms. The molecule has 5 aromatic rings. The molecule has 2 aromatic carbocycles. The summed E-state index contributed by atoms with van der Waals surface area (Å²) < 4.78 is 32.8. The lowest BCUT2D eigenvalue weighted by Gasteiger charge is -2.41. The molecule has 3 aliphatic carbocycles. The van der Waals surface area contributed by atoms with Gasteiger partial charge in [-0.15, -0.1) is 11.3 Å². The molecule has 2 bridgehead atoms. The first-order valence-corrected chi connectivity index (χ1v) is 15.7. The van der Waals surface area contributed by atoms with Gasteiger partial charge in [0, 0.05) is 22.6 Å². The number of nitrogens with one attached hydrogen (secondary N) is 1. The van der Waals surface area contributed by atoms with E-state index in [0.717, 1.165) is 53.8 Å². The number of H-pyrrole nitrogens is 1. The molecule has 3 heterocycles. The molecule has 0 saturated heterocycles. The molecule has 43 heavy (non-hydrogen) atoms. The normalized spacial score (nSPS) is 25.2. The van der Waals surface area contributed by atoms with E-state index in [9.17, 15) is 9.90 Å². The molecule has 0 radical (unpaired) electrons. The van der Waals surface area contributed by atoms with Crippen molar-refractivity contribution < 1.29 is 23.3 Å². The molecule has 4 atom stereocenters. The van der Waals surface area contributed by atoms with E-state index in [-0.39, 0.29) is 29.3 Å². The van der Waals surface area contributed by atoms with Gasteiger partial charge in [-0.2, -0.15) is 10.1 Å². The number of hydrogen-bond acceptors (Lipinski definition) is 9. The van der Waals surface area contributed by atoms with Crippen LogP contribution in [0.3, 0.4) is 0 Å². The highest BCUT2D eigenvalue weighted by Crippen LogP contribution is 2.57. The molecule has 3 fully saturated rings. The summed E-state index contributed by atoms with van der Waals surface area (Å²) in [4.78, 5) is 19.7. The summed E-state index contributed by atoms with van der Waals surface area (Å²) >= 11 is 7.89. The molecule has 0 amide bonds. The first-order chi connectivity index (χ1) is 20.8. The minimum Gasteiger partial charge on any atom is -0.382 e. The van der Waals surface area contributed by atoms with Gasteiger partial charge in [-0.3, -0.25) is 0 Å². The zero-order chi connectivity index (χ0) is 29.5. The zero-order valence-electron chi connectivity index (χ0n) is 23.2. The molecule has 222 valence electrons. The number of benzene rings is 2. The third-order valence-corrected chi connectivity index (χ3v) is 10.9. The van der Waals surface area contributed by atoms with Crippen LogP contribution >= 0.6 is 22.9 Å². The summed E-state index contributed by atoms with van der Waals surface area (Å²) in [5, 5.41) is 20.1. The standard InChI is InChI=1S/C31H28ClFN4O5S/c1-14-3-2-4-21(32)24(14)25-20(27(41-36-25)15-5-6-15)13-40-19-11-17-7-8-18(12-19)31(17,39)29-34-26-22(33)9-16(10-23(26)43-29)28-35-30(38)42-37-28/h2-4,9-10,15,17-19,39H,5-8,11-13H2,1H3,(H,35,37,38)/t17-,18+,19-,31+. The van der Waals surface area contributed by atoms with E-state index < -0.39 is 17.2 Å². The average Bonchev–Trinajstić information content (AvgIpc) is 3.27. The maximum atomic E-state index is 15.1. The highest BCUT2D eigenvalue weighted by molar-refractivity contribution is 7.18. The van der Waals surface area contributed by atoms with Crippen LogP contribution in [0.25, 0.3) is 32.9 Å². The number of aliphatic hydroxyl groups is 1. The van der Waals surface area contributed by atoms with E-state index >= 15 is 4.39 Å². The van der Waals surface area contributed by atoms with Gasteiger partial charge in [0.05, 0.1) is 22.4 Å². The molecule has 0 aliphatic heterocycles. The lowest BCUT2D eigenvalue weighted by atomic mass is 9.73. The first-order valence-electron chi connectivity index (χ1n) is 14.5. The third kappa shape index (κ3) is 4.47. The Morgan fingerprint density at radius 1 is 1.19 bits per heavy atom. The summed E-state index contributed by atoms with van der Waals surface area (Å²) in [6.45, 7) is 2.37. The van der Waals surface area contributed by atoms with Gasteiger partial charge in [0.15, 0.2) is 11.6 Å². The van der Waals surface area contributed by atoms with Crippen LogP contribution in [0.15, 0.2) is 44.2 Å². The van der Waals surface area contributed by atoms with Gasteiger partial charge >= 0.3 is 5.76 Å². The van der Waals surface area contributed by atoms with Crippen molar-refractivity contribution in [2.45, 2.75) is 69.7 Å². The Kier molecular flexibility index (Phi) is 6.38. The molecule has 3 saturated carbocycles. The monoisotopic (exact) mass is 622 g/mol. The fourth-order valence-corrected chi connectivity index (χ4v) is 8.67. The molecule has 8 rings (SSSR count). The predicted molar refractivity (Wildman–Crippen MR) is 157 cm³/mol. The maximum absolute atomic E-state index is 15.1. The Morgan fingerprint density at radius 2 is 1.98 bits per heavy atom. The highest BCUT2D eigenvalue weighted by Gasteiger charge is 2.56. The van der Waals surface area contributed by atoms with Gasteiger partial charge < -0.3 is 18.9 Å². The number of halogens is 2. The molecule has 3 aromatic heterocycles. The highest BCUT2D eigenvalue weighted by atomic mass is 35.5. The van der Waals surface area contributed by atoms with Crippen molar-refractivity contribution in [3.05, 3.63) is 73.6 Å². The minimum atomic E-state index is -1.16. The number of hydrogen-bond donors (Lipinski definition) is 2. The SMILES string of the molecule is Cc1cccc(Cl)c1-c1noc(C2CC2)c1CO[C@@H]1C[C@H]2CC[C@@H](C1)[C@]2(O)c1nc2c(F)cc(-c3nc(=O)o[nH]3)cc2s1. The second-order valence-electron chi connectivity index (χ2n) is 12.0.